The minimum Gasteiger partial charge on any atom is -0.329 e. The van der Waals surface area contributed by atoms with Crippen LogP contribution in [0.3, 0.4) is 0 Å². The van der Waals surface area contributed by atoms with Crippen LogP contribution in [-0.4, -0.2) is 22.8 Å². The summed E-state index contributed by atoms with van der Waals surface area (Å²) in [4.78, 5) is 27.6. The first-order chi connectivity index (χ1) is 11.3. The number of piperidine rings is 1. The van der Waals surface area contributed by atoms with Gasteiger partial charge >= 0.3 is 0 Å². The van der Waals surface area contributed by atoms with Crippen LogP contribution in [0.2, 0.25) is 0 Å². The second-order valence-electron chi connectivity index (χ2n) is 8.33. The number of amides is 2. The average Bonchev–Trinajstić information content (AvgIpc) is 3.24. The average molecular weight is 324 g/mol. The molecule has 1 aromatic carbocycles. The third kappa shape index (κ3) is 1.98. The molecular weight excluding hydrogens is 300 g/mol. The fourth-order valence-electron chi connectivity index (χ4n) is 4.36. The molecule has 0 aromatic heterocycles. The van der Waals surface area contributed by atoms with Gasteiger partial charge in [0.05, 0.1) is 5.54 Å². The van der Waals surface area contributed by atoms with Gasteiger partial charge in [0.1, 0.15) is 6.04 Å². The van der Waals surface area contributed by atoms with E-state index in [1.54, 1.807) is 0 Å². The van der Waals surface area contributed by atoms with Gasteiger partial charge in [0.25, 0.3) is 5.91 Å². The maximum atomic E-state index is 13.2. The summed E-state index contributed by atoms with van der Waals surface area (Å²) in [6.07, 6.45) is 3.29. The van der Waals surface area contributed by atoms with E-state index in [1.807, 2.05) is 17.0 Å². The van der Waals surface area contributed by atoms with E-state index in [0.29, 0.717) is 6.42 Å². The summed E-state index contributed by atoms with van der Waals surface area (Å²) in [6.45, 7) is 10.4. The predicted octanol–water partition coefficient (Wildman–Crippen LogP) is 3.22. The first-order valence-electron chi connectivity index (χ1n) is 8.72. The minimum absolute atomic E-state index is 0.0151. The van der Waals surface area contributed by atoms with Crippen LogP contribution >= 0.6 is 0 Å². The maximum absolute atomic E-state index is 13.2. The summed E-state index contributed by atoms with van der Waals surface area (Å²) in [7, 11) is 0. The van der Waals surface area contributed by atoms with E-state index in [-0.39, 0.29) is 28.8 Å². The van der Waals surface area contributed by atoms with Gasteiger partial charge in [-0.2, -0.15) is 0 Å². The van der Waals surface area contributed by atoms with E-state index in [2.05, 4.69) is 38.7 Å². The molecule has 24 heavy (non-hydrogen) atoms. The van der Waals surface area contributed by atoms with Gasteiger partial charge in [-0.25, -0.2) is 0 Å². The number of nitrogens with one attached hydrogen (secondary N) is 1. The molecule has 2 fully saturated rings. The fraction of sp³-hybridized carbons (Fsp3) is 0.500. The zero-order valence-corrected chi connectivity index (χ0v) is 14.6. The van der Waals surface area contributed by atoms with Crippen LogP contribution in [0.15, 0.2) is 30.5 Å². The van der Waals surface area contributed by atoms with Crippen LogP contribution in [-0.2, 0) is 15.7 Å². The van der Waals surface area contributed by atoms with E-state index < -0.39 is 0 Å². The number of carbonyl (C=O) groups excluding carboxylic acids is 2. The maximum Gasteiger partial charge on any atom is 0.255 e. The second-order valence-corrected chi connectivity index (χ2v) is 8.33. The Balaban J connectivity index is 1.82. The fourth-order valence-corrected chi connectivity index (χ4v) is 4.36. The van der Waals surface area contributed by atoms with Crippen LogP contribution in [0, 0.1) is 0 Å². The number of nitrogens with zero attached hydrogens (tertiary/aromatic N) is 1. The van der Waals surface area contributed by atoms with Crippen LogP contribution in [0.1, 0.15) is 67.9 Å². The van der Waals surface area contributed by atoms with Crippen molar-refractivity contribution in [2.75, 3.05) is 0 Å². The molecule has 1 saturated carbocycles. The highest BCUT2D eigenvalue weighted by atomic mass is 16.2. The largest absolute Gasteiger partial charge is 0.329 e. The molecule has 126 valence electrons. The summed E-state index contributed by atoms with van der Waals surface area (Å²) in [5.41, 5.74) is 3.64. The minimum atomic E-state index is -0.384. The van der Waals surface area contributed by atoms with Crippen molar-refractivity contribution in [3.8, 4) is 0 Å². The van der Waals surface area contributed by atoms with Gasteiger partial charge in [0.2, 0.25) is 5.91 Å². The van der Waals surface area contributed by atoms with Crippen LogP contribution in [0.25, 0.3) is 0 Å². The molecule has 4 nitrogen and oxygen atoms in total. The standard InChI is InChI=1S/C20H24N2O2/c1-12-8-9-15(17(23)21-12)22-18(24)13-6-5-7-14(19(2,3)4)16(13)20(22)10-11-20/h5-7,15H,1,8-11H2,2-4H3,(H,21,23). The van der Waals surface area contributed by atoms with Crippen LogP contribution in [0.4, 0.5) is 0 Å². The molecule has 1 aromatic rings. The SMILES string of the molecule is C=C1CCC(N2C(=O)c3cccc(C(C)(C)C)c3C23CC3)C(=O)N1. The Morgan fingerprint density at radius 2 is 1.96 bits per heavy atom. The van der Waals surface area contributed by atoms with Gasteiger partial charge in [-0.05, 0) is 48.3 Å². The van der Waals surface area contributed by atoms with Gasteiger partial charge in [-0.15, -0.1) is 0 Å². The summed E-state index contributed by atoms with van der Waals surface area (Å²) in [5.74, 6) is -0.0720. The molecular formula is C20H24N2O2. The zero-order chi connectivity index (χ0) is 17.3. The molecule has 1 spiro atoms. The number of allylic oxidation sites excluding steroid dienone is 1. The van der Waals surface area contributed by atoms with Crippen molar-refractivity contribution in [3.63, 3.8) is 0 Å². The molecule has 0 radical (unpaired) electrons. The molecule has 4 heteroatoms. The number of carbonyl (C=O) groups is 2. The molecule has 3 aliphatic rings. The Kier molecular flexibility index (Phi) is 3.03. The molecule has 2 aliphatic heterocycles. The Hall–Kier alpha value is -2.10. The van der Waals surface area contributed by atoms with Gasteiger partial charge in [0.15, 0.2) is 0 Å². The molecule has 4 rings (SSSR count). The van der Waals surface area contributed by atoms with E-state index in [1.165, 1.54) is 11.1 Å². The van der Waals surface area contributed by atoms with Gasteiger partial charge in [0, 0.05) is 11.3 Å². The number of benzene rings is 1. The first-order valence-corrected chi connectivity index (χ1v) is 8.72. The quantitative estimate of drug-likeness (QED) is 0.862. The highest BCUT2D eigenvalue weighted by Gasteiger charge is 2.62. The van der Waals surface area contributed by atoms with E-state index in [9.17, 15) is 9.59 Å². The van der Waals surface area contributed by atoms with Crippen molar-refractivity contribution in [3.05, 3.63) is 47.2 Å². The second kappa shape index (κ2) is 4.71. The van der Waals surface area contributed by atoms with E-state index in [0.717, 1.165) is 30.5 Å². The lowest BCUT2D eigenvalue weighted by atomic mass is 9.80. The molecule has 0 bridgehead atoms. The Morgan fingerprint density at radius 3 is 2.54 bits per heavy atom. The number of rotatable bonds is 1. The number of fused-ring (bicyclic) bond motifs is 2. The topological polar surface area (TPSA) is 49.4 Å². The predicted molar refractivity (Wildman–Crippen MR) is 92.5 cm³/mol. The molecule has 1 saturated heterocycles. The lowest BCUT2D eigenvalue weighted by Crippen LogP contribution is -2.53. The van der Waals surface area contributed by atoms with Gasteiger partial charge < -0.3 is 10.2 Å². The molecule has 1 atom stereocenters. The first kappa shape index (κ1) is 15.4. The lowest BCUT2D eigenvalue weighted by Gasteiger charge is -2.36. The zero-order valence-electron chi connectivity index (χ0n) is 14.6. The highest BCUT2D eigenvalue weighted by molar-refractivity contribution is 6.04. The van der Waals surface area contributed by atoms with Gasteiger partial charge in [-0.1, -0.05) is 39.5 Å². The monoisotopic (exact) mass is 324 g/mol. The summed E-state index contributed by atoms with van der Waals surface area (Å²) in [6, 6.07) is 5.65. The van der Waals surface area contributed by atoms with Crippen LogP contribution < -0.4 is 5.32 Å². The Bertz CT molecular complexity index is 768. The number of hydrogen-bond acceptors (Lipinski definition) is 2. The van der Waals surface area contributed by atoms with Crippen LogP contribution in [0.5, 0.6) is 0 Å². The van der Waals surface area contributed by atoms with Crippen molar-refractivity contribution in [2.45, 2.75) is 63.5 Å². The molecule has 1 unspecified atom stereocenters. The lowest BCUT2D eigenvalue weighted by molar-refractivity contribution is -0.127. The third-order valence-electron chi connectivity index (χ3n) is 5.61. The highest BCUT2D eigenvalue weighted by Crippen LogP contribution is 2.59. The molecule has 2 amide bonds. The van der Waals surface area contributed by atoms with Crippen molar-refractivity contribution >= 4 is 11.8 Å². The Labute approximate surface area is 142 Å². The van der Waals surface area contributed by atoms with E-state index in [4.69, 9.17) is 0 Å². The molecule has 1 N–H and O–H groups in total. The van der Waals surface area contributed by atoms with Crippen molar-refractivity contribution in [2.24, 2.45) is 0 Å². The summed E-state index contributed by atoms with van der Waals surface area (Å²) >= 11 is 0. The van der Waals surface area contributed by atoms with E-state index >= 15 is 0 Å². The smallest absolute Gasteiger partial charge is 0.255 e. The van der Waals surface area contributed by atoms with Crippen molar-refractivity contribution in [1.29, 1.82) is 0 Å². The Morgan fingerprint density at radius 1 is 1.25 bits per heavy atom. The summed E-state index contributed by atoms with van der Waals surface area (Å²) in [5, 5.41) is 2.84. The molecule has 2 heterocycles. The van der Waals surface area contributed by atoms with Gasteiger partial charge in [-0.3, -0.25) is 9.59 Å². The van der Waals surface area contributed by atoms with Crippen molar-refractivity contribution in [1.82, 2.24) is 10.2 Å². The van der Waals surface area contributed by atoms with Crippen molar-refractivity contribution < 1.29 is 9.59 Å². The third-order valence-corrected chi connectivity index (χ3v) is 5.61. The normalized spacial score (nSPS) is 25.0. The molecule has 1 aliphatic carbocycles. The number of hydrogen-bond donors (Lipinski definition) is 1. The summed E-state index contributed by atoms with van der Waals surface area (Å²) < 4.78 is 0.